The van der Waals surface area contributed by atoms with Gasteiger partial charge in [0.1, 0.15) is 0 Å². The number of nitrogens with zero attached hydrogens (tertiary/aromatic N) is 2. The van der Waals surface area contributed by atoms with Crippen molar-refractivity contribution >= 4 is 0 Å². The van der Waals surface area contributed by atoms with Gasteiger partial charge in [0, 0.05) is 18.9 Å². The van der Waals surface area contributed by atoms with Gasteiger partial charge in [0.05, 0.1) is 6.33 Å². The monoisotopic (exact) mass is 204 g/mol. The zero-order chi connectivity index (χ0) is 10.9. The Labute approximate surface area is 92.0 Å². The molecule has 0 bridgehead atoms. The first kappa shape index (κ1) is 10.5. The SMILES string of the molecule is CC1=C[C@@H](Cn2ccnc2)CC(C)(C)C1. The largest absolute Gasteiger partial charge is 0.337 e. The molecule has 1 heterocycles. The van der Waals surface area contributed by atoms with Crippen LogP contribution < -0.4 is 0 Å². The highest BCUT2D eigenvalue weighted by Gasteiger charge is 2.27. The molecule has 0 unspecified atom stereocenters. The molecule has 82 valence electrons. The first-order valence-electron chi connectivity index (χ1n) is 5.68. The van der Waals surface area contributed by atoms with Gasteiger partial charge in [0.2, 0.25) is 0 Å². The van der Waals surface area contributed by atoms with Gasteiger partial charge in [-0.2, -0.15) is 0 Å². The Balaban J connectivity index is 2.07. The van der Waals surface area contributed by atoms with Gasteiger partial charge in [0.15, 0.2) is 0 Å². The Morgan fingerprint density at radius 2 is 2.33 bits per heavy atom. The van der Waals surface area contributed by atoms with Crippen LogP contribution in [-0.4, -0.2) is 9.55 Å². The standard InChI is InChI=1S/C13H20N2/c1-11-6-12(8-13(2,3)7-11)9-15-5-4-14-10-15/h4-6,10,12H,7-9H2,1-3H3/t12-/m1/s1. The van der Waals surface area contributed by atoms with E-state index in [-0.39, 0.29) is 0 Å². The van der Waals surface area contributed by atoms with Crippen LogP contribution in [0.15, 0.2) is 30.4 Å². The summed E-state index contributed by atoms with van der Waals surface area (Å²) >= 11 is 0. The van der Waals surface area contributed by atoms with Crippen molar-refractivity contribution in [3.05, 3.63) is 30.4 Å². The van der Waals surface area contributed by atoms with Crippen LogP contribution in [0.3, 0.4) is 0 Å². The molecule has 0 fully saturated rings. The number of rotatable bonds is 2. The molecule has 0 radical (unpaired) electrons. The van der Waals surface area contributed by atoms with Crippen molar-refractivity contribution in [3.8, 4) is 0 Å². The van der Waals surface area contributed by atoms with Crippen LogP contribution in [0.25, 0.3) is 0 Å². The Bertz CT molecular complexity index is 347. The van der Waals surface area contributed by atoms with Gasteiger partial charge in [0.25, 0.3) is 0 Å². The van der Waals surface area contributed by atoms with E-state index >= 15 is 0 Å². The zero-order valence-electron chi connectivity index (χ0n) is 9.90. The fourth-order valence-electron chi connectivity index (χ4n) is 2.84. The molecule has 15 heavy (non-hydrogen) atoms. The number of aromatic nitrogens is 2. The molecule has 2 nitrogen and oxygen atoms in total. The van der Waals surface area contributed by atoms with Gasteiger partial charge in [-0.15, -0.1) is 0 Å². The molecule has 0 spiro atoms. The van der Waals surface area contributed by atoms with Crippen LogP contribution in [0.4, 0.5) is 0 Å². The van der Waals surface area contributed by atoms with Gasteiger partial charge in [-0.05, 0) is 31.1 Å². The Morgan fingerprint density at radius 3 is 2.93 bits per heavy atom. The number of imidazole rings is 1. The maximum Gasteiger partial charge on any atom is 0.0946 e. The van der Waals surface area contributed by atoms with Crippen molar-refractivity contribution in [2.24, 2.45) is 11.3 Å². The molecule has 2 heteroatoms. The quantitative estimate of drug-likeness (QED) is 0.676. The molecule has 0 amide bonds. The normalized spacial score (nSPS) is 25.0. The third-order valence-electron chi connectivity index (χ3n) is 3.10. The Hall–Kier alpha value is -1.05. The van der Waals surface area contributed by atoms with Crippen molar-refractivity contribution in [2.75, 3.05) is 0 Å². The second-order valence-electron chi connectivity index (χ2n) is 5.58. The maximum atomic E-state index is 4.09. The summed E-state index contributed by atoms with van der Waals surface area (Å²) in [6.07, 6.45) is 10.8. The fourth-order valence-corrected chi connectivity index (χ4v) is 2.84. The van der Waals surface area contributed by atoms with E-state index in [1.165, 1.54) is 18.4 Å². The van der Waals surface area contributed by atoms with E-state index in [2.05, 4.69) is 36.4 Å². The molecule has 1 aliphatic rings. The van der Waals surface area contributed by atoms with E-state index < -0.39 is 0 Å². The van der Waals surface area contributed by atoms with Crippen molar-refractivity contribution < 1.29 is 0 Å². The summed E-state index contributed by atoms with van der Waals surface area (Å²) in [6, 6.07) is 0. The molecule has 1 aliphatic carbocycles. The lowest BCUT2D eigenvalue weighted by Crippen LogP contribution is -2.23. The molecular formula is C13H20N2. The molecule has 0 aliphatic heterocycles. The minimum atomic E-state index is 0.462. The third kappa shape index (κ3) is 2.71. The lowest BCUT2D eigenvalue weighted by Gasteiger charge is -2.34. The first-order chi connectivity index (χ1) is 7.05. The first-order valence-corrected chi connectivity index (χ1v) is 5.68. The summed E-state index contributed by atoms with van der Waals surface area (Å²) in [4.78, 5) is 4.09. The topological polar surface area (TPSA) is 17.8 Å². The van der Waals surface area contributed by atoms with Gasteiger partial charge < -0.3 is 4.57 Å². The van der Waals surface area contributed by atoms with Crippen molar-refractivity contribution in [3.63, 3.8) is 0 Å². The average Bonchev–Trinajstić information content (AvgIpc) is 2.52. The lowest BCUT2D eigenvalue weighted by atomic mass is 9.73. The molecule has 2 rings (SSSR count). The Kier molecular flexibility index (Phi) is 2.68. The second-order valence-corrected chi connectivity index (χ2v) is 5.58. The molecule has 1 aromatic rings. The van der Waals surface area contributed by atoms with Crippen LogP contribution in [0.1, 0.15) is 33.6 Å². The molecule has 0 saturated heterocycles. The smallest absolute Gasteiger partial charge is 0.0946 e. The molecule has 1 aromatic heterocycles. The lowest BCUT2D eigenvalue weighted by molar-refractivity contribution is 0.256. The Morgan fingerprint density at radius 1 is 1.53 bits per heavy atom. The summed E-state index contributed by atoms with van der Waals surface area (Å²) in [5.74, 6) is 0.669. The zero-order valence-corrected chi connectivity index (χ0v) is 9.90. The number of allylic oxidation sites excluding steroid dienone is 2. The molecule has 0 aromatic carbocycles. The maximum absolute atomic E-state index is 4.09. The summed E-state index contributed by atoms with van der Waals surface area (Å²) in [7, 11) is 0. The van der Waals surface area contributed by atoms with E-state index in [9.17, 15) is 0 Å². The van der Waals surface area contributed by atoms with E-state index in [0.717, 1.165) is 6.54 Å². The third-order valence-corrected chi connectivity index (χ3v) is 3.10. The number of hydrogen-bond donors (Lipinski definition) is 0. The van der Waals surface area contributed by atoms with Crippen LogP contribution in [0.2, 0.25) is 0 Å². The predicted octanol–water partition coefficient (Wildman–Crippen LogP) is 3.27. The van der Waals surface area contributed by atoms with Crippen molar-refractivity contribution in [1.82, 2.24) is 9.55 Å². The van der Waals surface area contributed by atoms with Gasteiger partial charge in [-0.1, -0.05) is 25.5 Å². The van der Waals surface area contributed by atoms with E-state index in [4.69, 9.17) is 0 Å². The summed E-state index contributed by atoms with van der Waals surface area (Å²) in [5, 5.41) is 0. The molecule has 0 N–H and O–H groups in total. The molecular weight excluding hydrogens is 184 g/mol. The van der Waals surface area contributed by atoms with Crippen molar-refractivity contribution in [1.29, 1.82) is 0 Å². The van der Waals surface area contributed by atoms with Crippen LogP contribution >= 0.6 is 0 Å². The average molecular weight is 204 g/mol. The van der Waals surface area contributed by atoms with Crippen molar-refractivity contribution in [2.45, 2.75) is 40.2 Å². The molecule has 1 atom stereocenters. The summed E-state index contributed by atoms with van der Waals surface area (Å²) in [6.45, 7) is 8.05. The highest BCUT2D eigenvalue weighted by molar-refractivity contribution is 5.09. The van der Waals surface area contributed by atoms with Gasteiger partial charge in [-0.3, -0.25) is 0 Å². The highest BCUT2D eigenvalue weighted by atomic mass is 15.0. The van der Waals surface area contributed by atoms with Crippen LogP contribution in [0, 0.1) is 11.3 Å². The van der Waals surface area contributed by atoms with Crippen LogP contribution in [-0.2, 0) is 6.54 Å². The summed E-state index contributed by atoms with van der Waals surface area (Å²) < 4.78 is 2.18. The molecule has 0 saturated carbocycles. The summed E-state index contributed by atoms with van der Waals surface area (Å²) in [5.41, 5.74) is 2.00. The van der Waals surface area contributed by atoms with E-state index in [0.29, 0.717) is 11.3 Å². The highest BCUT2D eigenvalue weighted by Crippen LogP contribution is 2.38. The number of hydrogen-bond acceptors (Lipinski definition) is 1. The minimum Gasteiger partial charge on any atom is -0.337 e. The van der Waals surface area contributed by atoms with Crippen LogP contribution in [0.5, 0.6) is 0 Å². The van der Waals surface area contributed by atoms with E-state index in [1.807, 2.05) is 18.7 Å². The fraction of sp³-hybridized carbons (Fsp3) is 0.615. The second kappa shape index (κ2) is 3.84. The van der Waals surface area contributed by atoms with E-state index in [1.54, 1.807) is 0 Å². The van der Waals surface area contributed by atoms with Gasteiger partial charge in [-0.25, -0.2) is 4.98 Å². The van der Waals surface area contributed by atoms with Gasteiger partial charge >= 0.3 is 0 Å². The minimum absolute atomic E-state index is 0.462. The predicted molar refractivity (Wildman–Crippen MR) is 62.5 cm³/mol.